The van der Waals surface area contributed by atoms with E-state index in [4.69, 9.17) is 5.26 Å². The minimum atomic E-state index is 0.291. The Kier molecular flexibility index (Phi) is 3.96. The molecule has 2 saturated heterocycles. The van der Waals surface area contributed by atoms with Gasteiger partial charge in [-0.05, 0) is 50.8 Å². The highest BCUT2D eigenvalue weighted by molar-refractivity contribution is 5.76. The highest BCUT2D eigenvalue weighted by Crippen LogP contribution is 2.40. The van der Waals surface area contributed by atoms with Gasteiger partial charge in [0.2, 0.25) is 5.91 Å². The van der Waals surface area contributed by atoms with E-state index < -0.39 is 0 Å². The quantitative estimate of drug-likeness (QED) is 0.909. The van der Waals surface area contributed by atoms with Gasteiger partial charge in [-0.3, -0.25) is 9.69 Å². The molecule has 0 aliphatic carbocycles. The van der Waals surface area contributed by atoms with Gasteiger partial charge < -0.3 is 9.88 Å². The van der Waals surface area contributed by atoms with Crippen LogP contribution in [0.25, 0.3) is 0 Å². The molecule has 3 rings (SSSR count). The standard InChI is InChI=1S/C17H24N4O/c1-13-14(10-18)9-15(19-13)11-21-7-5-17(6-8-21)4-3-16(22)20(2)12-17/h9,19H,3-8,11-12H2,1-2H3. The van der Waals surface area contributed by atoms with Crippen LogP contribution in [0.3, 0.4) is 0 Å². The number of piperidine rings is 2. The molecule has 5 nitrogen and oxygen atoms in total. The second-order valence-corrected chi connectivity index (χ2v) is 6.97. The Morgan fingerprint density at radius 2 is 2.09 bits per heavy atom. The SMILES string of the molecule is Cc1[nH]c(CN2CCC3(CCC(=O)N(C)C3)CC2)cc1C#N. The topological polar surface area (TPSA) is 63.1 Å². The second-order valence-electron chi connectivity index (χ2n) is 6.97. The average Bonchev–Trinajstić information content (AvgIpc) is 2.86. The number of rotatable bonds is 2. The van der Waals surface area contributed by atoms with E-state index in [1.54, 1.807) is 0 Å². The minimum Gasteiger partial charge on any atom is -0.360 e. The fourth-order valence-corrected chi connectivity index (χ4v) is 3.90. The number of likely N-dealkylation sites (tertiary alicyclic amines) is 2. The molecule has 118 valence electrons. The van der Waals surface area contributed by atoms with Gasteiger partial charge in [0.05, 0.1) is 5.56 Å². The molecule has 0 saturated carbocycles. The molecule has 0 bridgehead atoms. The Bertz CT molecular complexity index is 605. The van der Waals surface area contributed by atoms with Crippen molar-refractivity contribution in [3.63, 3.8) is 0 Å². The number of H-pyrrole nitrogens is 1. The number of carbonyl (C=O) groups is 1. The lowest BCUT2D eigenvalue weighted by Crippen LogP contribution is -2.50. The van der Waals surface area contributed by atoms with E-state index in [1.165, 1.54) is 0 Å². The van der Waals surface area contributed by atoms with Gasteiger partial charge in [-0.15, -0.1) is 0 Å². The molecule has 22 heavy (non-hydrogen) atoms. The Hall–Kier alpha value is -1.80. The molecule has 1 aromatic heterocycles. The summed E-state index contributed by atoms with van der Waals surface area (Å²) in [4.78, 5) is 19.3. The first-order chi connectivity index (χ1) is 10.5. The lowest BCUT2D eigenvalue weighted by molar-refractivity contribution is -0.137. The number of aromatic amines is 1. The van der Waals surface area contributed by atoms with E-state index in [2.05, 4.69) is 16.0 Å². The van der Waals surface area contributed by atoms with Gasteiger partial charge >= 0.3 is 0 Å². The van der Waals surface area contributed by atoms with Crippen molar-refractivity contribution < 1.29 is 4.79 Å². The Labute approximate surface area is 131 Å². The van der Waals surface area contributed by atoms with Gasteiger partial charge in [0.15, 0.2) is 0 Å². The number of amides is 1. The lowest BCUT2D eigenvalue weighted by Gasteiger charge is -2.46. The van der Waals surface area contributed by atoms with Crippen LogP contribution in [-0.4, -0.2) is 47.4 Å². The number of nitrogens with zero attached hydrogens (tertiary/aromatic N) is 3. The van der Waals surface area contributed by atoms with Crippen molar-refractivity contribution in [2.75, 3.05) is 26.7 Å². The summed E-state index contributed by atoms with van der Waals surface area (Å²) >= 11 is 0. The van der Waals surface area contributed by atoms with Crippen LogP contribution in [0.5, 0.6) is 0 Å². The predicted molar refractivity (Wildman–Crippen MR) is 84.1 cm³/mol. The van der Waals surface area contributed by atoms with E-state index in [0.717, 1.165) is 62.4 Å². The number of carbonyl (C=O) groups excluding carboxylic acids is 1. The van der Waals surface area contributed by atoms with Crippen LogP contribution in [0.2, 0.25) is 0 Å². The van der Waals surface area contributed by atoms with E-state index in [-0.39, 0.29) is 0 Å². The predicted octanol–water partition coefficient (Wildman–Crippen LogP) is 2.03. The zero-order chi connectivity index (χ0) is 15.7. The molecule has 2 aliphatic heterocycles. The lowest BCUT2D eigenvalue weighted by atomic mass is 9.72. The maximum Gasteiger partial charge on any atom is 0.222 e. The maximum atomic E-state index is 11.7. The summed E-state index contributed by atoms with van der Waals surface area (Å²) in [7, 11) is 1.93. The molecule has 0 atom stereocenters. The third kappa shape index (κ3) is 2.89. The zero-order valence-electron chi connectivity index (χ0n) is 13.5. The largest absolute Gasteiger partial charge is 0.360 e. The molecule has 1 spiro atoms. The molecular formula is C17H24N4O. The van der Waals surface area contributed by atoms with E-state index in [1.807, 2.05) is 24.9 Å². The van der Waals surface area contributed by atoms with Crippen LogP contribution in [-0.2, 0) is 11.3 Å². The molecule has 1 amide bonds. The zero-order valence-corrected chi connectivity index (χ0v) is 13.5. The fraction of sp³-hybridized carbons (Fsp3) is 0.647. The van der Waals surface area contributed by atoms with Crippen LogP contribution in [0.15, 0.2) is 6.07 Å². The normalized spacial score (nSPS) is 22.0. The average molecular weight is 300 g/mol. The van der Waals surface area contributed by atoms with Gasteiger partial charge in [-0.25, -0.2) is 0 Å². The van der Waals surface area contributed by atoms with Crippen molar-refractivity contribution in [1.29, 1.82) is 5.26 Å². The smallest absolute Gasteiger partial charge is 0.222 e. The van der Waals surface area contributed by atoms with Crippen LogP contribution >= 0.6 is 0 Å². The summed E-state index contributed by atoms with van der Waals surface area (Å²) in [5.74, 6) is 0.291. The molecule has 1 aromatic rings. The molecule has 5 heteroatoms. The van der Waals surface area contributed by atoms with E-state index >= 15 is 0 Å². The van der Waals surface area contributed by atoms with Gasteiger partial charge in [0.25, 0.3) is 0 Å². The number of nitriles is 1. The third-order valence-corrected chi connectivity index (χ3v) is 5.37. The summed E-state index contributed by atoms with van der Waals surface area (Å²) in [6.45, 7) is 5.89. The van der Waals surface area contributed by atoms with Crippen molar-refractivity contribution in [1.82, 2.24) is 14.8 Å². The van der Waals surface area contributed by atoms with Crippen LogP contribution in [0, 0.1) is 23.7 Å². The summed E-state index contributed by atoms with van der Waals surface area (Å²) in [5, 5.41) is 9.03. The van der Waals surface area contributed by atoms with Crippen molar-refractivity contribution in [2.45, 2.75) is 39.2 Å². The van der Waals surface area contributed by atoms with E-state index in [9.17, 15) is 4.79 Å². The van der Waals surface area contributed by atoms with Crippen LogP contribution in [0.1, 0.15) is 42.6 Å². The van der Waals surface area contributed by atoms with Gasteiger partial charge in [-0.2, -0.15) is 5.26 Å². The summed E-state index contributed by atoms with van der Waals surface area (Å²) in [6.07, 6.45) is 4.08. The van der Waals surface area contributed by atoms with Crippen molar-refractivity contribution in [3.8, 4) is 6.07 Å². The molecule has 2 fully saturated rings. The monoisotopic (exact) mass is 300 g/mol. The number of hydrogen-bond acceptors (Lipinski definition) is 3. The Balaban J connectivity index is 1.58. The summed E-state index contributed by atoms with van der Waals surface area (Å²) in [6, 6.07) is 4.19. The highest BCUT2D eigenvalue weighted by Gasteiger charge is 2.39. The summed E-state index contributed by atoms with van der Waals surface area (Å²) < 4.78 is 0. The van der Waals surface area contributed by atoms with Crippen LogP contribution in [0.4, 0.5) is 0 Å². The molecule has 2 aliphatic rings. The summed E-state index contributed by atoms with van der Waals surface area (Å²) in [5.41, 5.74) is 3.16. The number of aromatic nitrogens is 1. The van der Waals surface area contributed by atoms with Gasteiger partial charge in [0.1, 0.15) is 6.07 Å². The van der Waals surface area contributed by atoms with Crippen molar-refractivity contribution in [3.05, 3.63) is 23.0 Å². The minimum absolute atomic E-state index is 0.291. The van der Waals surface area contributed by atoms with Gasteiger partial charge in [0, 0.05) is 37.9 Å². The number of aryl methyl sites for hydroxylation is 1. The molecule has 1 N–H and O–H groups in total. The molecular weight excluding hydrogens is 276 g/mol. The van der Waals surface area contributed by atoms with E-state index in [0.29, 0.717) is 17.7 Å². The molecule has 0 aromatic carbocycles. The van der Waals surface area contributed by atoms with Crippen LogP contribution < -0.4 is 0 Å². The Morgan fingerprint density at radius 3 is 2.68 bits per heavy atom. The third-order valence-electron chi connectivity index (χ3n) is 5.37. The first-order valence-electron chi connectivity index (χ1n) is 8.06. The molecule has 3 heterocycles. The van der Waals surface area contributed by atoms with Crippen molar-refractivity contribution in [2.24, 2.45) is 5.41 Å². The van der Waals surface area contributed by atoms with Gasteiger partial charge in [-0.1, -0.05) is 0 Å². The first-order valence-corrected chi connectivity index (χ1v) is 8.06. The highest BCUT2D eigenvalue weighted by atomic mass is 16.2. The Morgan fingerprint density at radius 1 is 1.36 bits per heavy atom. The van der Waals surface area contributed by atoms with Crippen molar-refractivity contribution >= 4 is 5.91 Å². The first kappa shape index (κ1) is 15.1. The fourth-order valence-electron chi connectivity index (χ4n) is 3.90. The number of hydrogen-bond donors (Lipinski definition) is 1. The molecule has 0 unspecified atom stereocenters. The number of nitrogens with one attached hydrogen (secondary N) is 1. The second kappa shape index (κ2) is 5.77. The maximum absolute atomic E-state index is 11.7. The molecule has 0 radical (unpaired) electrons.